The van der Waals surface area contributed by atoms with Crippen molar-refractivity contribution in [3.8, 4) is 6.26 Å². The van der Waals surface area contributed by atoms with Crippen LogP contribution in [0.1, 0.15) is 5.56 Å². The number of ether oxygens (including phenoxy) is 1. The quantitative estimate of drug-likeness (QED) is 0.561. The van der Waals surface area contributed by atoms with E-state index in [2.05, 4.69) is 4.74 Å². The smallest absolute Gasteiger partial charge is 0.350 e. The second-order valence-electron chi connectivity index (χ2n) is 2.72. The number of carbonyl (C=O) groups excluding carboxylic acids is 1. The van der Waals surface area contributed by atoms with E-state index in [0.29, 0.717) is 0 Å². The monoisotopic (exact) mass is 191 g/mol. The van der Waals surface area contributed by atoms with Crippen LogP contribution < -0.4 is 0 Å². The van der Waals surface area contributed by atoms with Crippen molar-refractivity contribution in [2.24, 2.45) is 0 Å². The molecule has 4 nitrogen and oxygen atoms in total. The largest absolute Gasteiger partial charge is 0.381 e. The van der Waals surface area contributed by atoms with Gasteiger partial charge in [-0.2, -0.15) is 0 Å². The van der Waals surface area contributed by atoms with E-state index >= 15 is 0 Å². The van der Waals surface area contributed by atoms with E-state index in [1.54, 1.807) is 24.3 Å². The molecule has 0 spiro atoms. The number of hydrogen-bond donors (Lipinski definition) is 1. The summed E-state index contributed by atoms with van der Waals surface area (Å²) in [6, 6.07) is 9.00. The van der Waals surface area contributed by atoms with Gasteiger partial charge in [0, 0.05) is 6.42 Å². The summed E-state index contributed by atoms with van der Waals surface area (Å²) in [5.41, 5.74) is 0.815. The van der Waals surface area contributed by atoms with Crippen molar-refractivity contribution >= 4 is 5.97 Å². The highest BCUT2D eigenvalue weighted by Gasteiger charge is 2.16. The minimum absolute atomic E-state index is 0.154. The molecule has 0 aliphatic carbocycles. The molecule has 1 rings (SSSR count). The van der Waals surface area contributed by atoms with Gasteiger partial charge >= 0.3 is 5.97 Å². The maximum absolute atomic E-state index is 10.9. The van der Waals surface area contributed by atoms with Crippen molar-refractivity contribution in [2.45, 2.75) is 12.5 Å². The third-order valence-corrected chi connectivity index (χ3v) is 1.69. The van der Waals surface area contributed by atoms with E-state index < -0.39 is 12.1 Å². The number of nitriles is 1. The molecule has 0 aromatic heterocycles. The predicted octanol–water partition coefficient (Wildman–Crippen LogP) is 0.614. The SMILES string of the molecule is N#COC(=O)[C@H](O)Cc1ccccc1. The Bertz CT molecular complexity index is 342. The van der Waals surface area contributed by atoms with E-state index in [0.717, 1.165) is 5.56 Å². The summed E-state index contributed by atoms with van der Waals surface area (Å²) in [4.78, 5) is 10.9. The van der Waals surface area contributed by atoms with Gasteiger partial charge in [-0.1, -0.05) is 30.3 Å². The molecular formula is C10H9NO3. The maximum atomic E-state index is 10.9. The number of rotatable bonds is 3. The van der Waals surface area contributed by atoms with E-state index in [1.165, 1.54) is 6.26 Å². The van der Waals surface area contributed by atoms with Crippen molar-refractivity contribution in [1.82, 2.24) is 0 Å². The summed E-state index contributed by atoms with van der Waals surface area (Å²) >= 11 is 0. The van der Waals surface area contributed by atoms with Gasteiger partial charge in [-0.3, -0.25) is 0 Å². The zero-order valence-electron chi connectivity index (χ0n) is 7.38. The number of esters is 1. The highest BCUT2D eigenvalue weighted by atomic mass is 16.5. The molecule has 14 heavy (non-hydrogen) atoms. The highest BCUT2D eigenvalue weighted by Crippen LogP contribution is 2.03. The molecule has 0 aliphatic heterocycles. The summed E-state index contributed by atoms with van der Waals surface area (Å²) in [5.74, 6) is -0.920. The van der Waals surface area contributed by atoms with Crippen LogP contribution in [-0.2, 0) is 16.0 Å². The molecule has 1 aromatic rings. The average molecular weight is 191 g/mol. The molecule has 0 saturated heterocycles. The van der Waals surface area contributed by atoms with Gasteiger partial charge in [-0.15, -0.1) is 5.26 Å². The van der Waals surface area contributed by atoms with Crippen LogP contribution >= 0.6 is 0 Å². The Morgan fingerprint density at radius 2 is 2.14 bits per heavy atom. The van der Waals surface area contributed by atoms with Gasteiger partial charge in [0.05, 0.1) is 0 Å². The molecule has 72 valence electrons. The van der Waals surface area contributed by atoms with E-state index in [9.17, 15) is 9.90 Å². The van der Waals surface area contributed by atoms with Crippen LogP contribution in [0.15, 0.2) is 30.3 Å². The molecular weight excluding hydrogens is 182 g/mol. The zero-order chi connectivity index (χ0) is 10.4. The summed E-state index contributed by atoms with van der Waals surface area (Å²) in [6.07, 6.45) is 0.0982. The standard InChI is InChI=1S/C10H9NO3/c11-7-14-10(13)9(12)6-8-4-2-1-3-5-8/h1-5,9,12H,6H2/t9-/m1/s1. The summed E-state index contributed by atoms with van der Waals surface area (Å²) in [5, 5.41) is 17.3. The topological polar surface area (TPSA) is 70.3 Å². The Morgan fingerprint density at radius 1 is 1.50 bits per heavy atom. The fraction of sp³-hybridized carbons (Fsp3) is 0.200. The van der Waals surface area contributed by atoms with Crippen LogP contribution in [0.2, 0.25) is 0 Å². The maximum Gasteiger partial charge on any atom is 0.350 e. The Balaban J connectivity index is 2.54. The number of hydrogen-bond acceptors (Lipinski definition) is 4. The fourth-order valence-corrected chi connectivity index (χ4v) is 1.03. The molecule has 1 atom stereocenters. The van der Waals surface area contributed by atoms with Crippen LogP contribution in [0, 0.1) is 11.5 Å². The molecule has 0 bridgehead atoms. The van der Waals surface area contributed by atoms with Crippen LogP contribution in [0.4, 0.5) is 0 Å². The molecule has 0 aliphatic rings. The Labute approximate surface area is 81.4 Å². The Kier molecular flexibility index (Phi) is 3.65. The number of benzene rings is 1. The number of carbonyl (C=O) groups is 1. The van der Waals surface area contributed by atoms with Gasteiger partial charge in [0.1, 0.15) is 0 Å². The van der Waals surface area contributed by atoms with Crippen LogP contribution in [0.25, 0.3) is 0 Å². The third-order valence-electron chi connectivity index (χ3n) is 1.69. The molecule has 0 heterocycles. The first-order valence-electron chi connectivity index (χ1n) is 4.06. The minimum Gasteiger partial charge on any atom is -0.381 e. The molecule has 4 heteroatoms. The first-order chi connectivity index (χ1) is 6.74. The number of aliphatic hydroxyl groups excluding tert-OH is 1. The molecule has 1 N–H and O–H groups in total. The van der Waals surface area contributed by atoms with Gasteiger partial charge in [-0.05, 0) is 5.56 Å². The molecule has 0 unspecified atom stereocenters. The van der Waals surface area contributed by atoms with Gasteiger partial charge in [0.25, 0.3) is 6.26 Å². The van der Waals surface area contributed by atoms with Crippen LogP contribution in [-0.4, -0.2) is 17.2 Å². The van der Waals surface area contributed by atoms with Crippen molar-refractivity contribution in [3.05, 3.63) is 35.9 Å². The number of nitrogens with zero attached hydrogens (tertiary/aromatic N) is 1. The van der Waals surface area contributed by atoms with Gasteiger partial charge in [0.2, 0.25) is 0 Å². The minimum atomic E-state index is -1.28. The van der Waals surface area contributed by atoms with E-state index in [1.807, 2.05) is 6.07 Å². The first-order valence-corrected chi connectivity index (χ1v) is 4.06. The zero-order valence-corrected chi connectivity index (χ0v) is 7.38. The molecule has 0 radical (unpaired) electrons. The summed E-state index contributed by atoms with van der Waals surface area (Å²) in [7, 11) is 0. The van der Waals surface area contributed by atoms with Crippen molar-refractivity contribution < 1.29 is 14.6 Å². The Morgan fingerprint density at radius 3 is 2.71 bits per heavy atom. The molecule has 0 fully saturated rings. The van der Waals surface area contributed by atoms with Crippen molar-refractivity contribution in [1.29, 1.82) is 5.26 Å². The molecule has 0 saturated carbocycles. The Hall–Kier alpha value is -1.86. The van der Waals surface area contributed by atoms with Crippen LogP contribution in [0.5, 0.6) is 0 Å². The summed E-state index contributed by atoms with van der Waals surface area (Å²) in [6.45, 7) is 0. The van der Waals surface area contributed by atoms with Crippen molar-refractivity contribution in [2.75, 3.05) is 0 Å². The lowest BCUT2D eigenvalue weighted by Gasteiger charge is -2.05. The fourth-order valence-electron chi connectivity index (χ4n) is 1.03. The third kappa shape index (κ3) is 2.88. The second-order valence-corrected chi connectivity index (χ2v) is 2.72. The molecule has 0 amide bonds. The lowest BCUT2D eigenvalue weighted by molar-refractivity contribution is -0.146. The predicted molar refractivity (Wildman–Crippen MR) is 47.9 cm³/mol. The average Bonchev–Trinajstić information content (AvgIpc) is 2.19. The van der Waals surface area contributed by atoms with Crippen LogP contribution in [0.3, 0.4) is 0 Å². The second kappa shape index (κ2) is 5.00. The summed E-state index contributed by atoms with van der Waals surface area (Å²) < 4.78 is 3.99. The normalized spacial score (nSPS) is 11.4. The highest BCUT2D eigenvalue weighted by molar-refractivity contribution is 5.75. The van der Waals surface area contributed by atoms with Gasteiger partial charge in [-0.25, -0.2) is 4.79 Å². The van der Waals surface area contributed by atoms with E-state index in [-0.39, 0.29) is 6.42 Å². The number of aliphatic hydroxyl groups is 1. The van der Waals surface area contributed by atoms with Gasteiger partial charge < -0.3 is 9.84 Å². The lowest BCUT2D eigenvalue weighted by Crippen LogP contribution is -2.23. The molecule has 1 aromatic carbocycles. The van der Waals surface area contributed by atoms with E-state index in [4.69, 9.17) is 5.26 Å². The lowest BCUT2D eigenvalue weighted by atomic mass is 10.1. The van der Waals surface area contributed by atoms with Gasteiger partial charge in [0.15, 0.2) is 6.10 Å². The first kappa shape index (κ1) is 10.2. The van der Waals surface area contributed by atoms with Crippen molar-refractivity contribution in [3.63, 3.8) is 0 Å².